The summed E-state index contributed by atoms with van der Waals surface area (Å²) in [6.45, 7) is 6.73. The van der Waals surface area contributed by atoms with Crippen LogP contribution in [0.25, 0.3) is 0 Å². The van der Waals surface area contributed by atoms with Gasteiger partial charge in [-0.15, -0.1) is 0 Å². The Kier molecular flexibility index (Phi) is 6.77. The van der Waals surface area contributed by atoms with Gasteiger partial charge in [0.25, 0.3) is 0 Å². The van der Waals surface area contributed by atoms with Crippen molar-refractivity contribution in [1.82, 2.24) is 4.98 Å². The molecule has 1 aromatic rings. The molecule has 2 N–H and O–H groups in total. The average molecular weight is 267 g/mol. The van der Waals surface area contributed by atoms with Crippen LogP contribution in [-0.4, -0.2) is 45.0 Å². The molecule has 1 heterocycles. The van der Waals surface area contributed by atoms with Gasteiger partial charge in [-0.25, -0.2) is 4.98 Å². The van der Waals surface area contributed by atoms with E-state index in [1.807, 2.05) is 19.1 Å². The molecule has 0 aromatic carbocycles. The van der Waals surface area contributed by atoms with Crippen LogP contribution in [0, 0.1) is 6.92 Å². The second kappa shape index (κ2) is 8.09. The van der Waals surface area contributed by atoms with E-state index < -0.39 is 0 Å². The van der Waals surface area contributed by atoms with Gasteiger partial charge >= 0.3 is 0 Å². The predicted molar refractivity (Wildman–Crippen MR) is 77.4 cm³/mol. The van der Waals surface area contributed by atoms with E-state index in [-0.39, 0.29) is 6.04 Å². The van der Waals surface area contributed by atoms with Gasteiger partial charge in [-0.2, -0.15) is 0 Å². The van der Waals surface area contributed by atoms with Crippen molar-refractivity contribution in [2.24, 2.45) is 5.73 Å². The standard InChI is InChI=1S/C14H25N3O2/c1-11(10-19-4)17(7-8-18-3)14-6-5-13(9-15)12(2)16-14/h5-6,11H,7-10,15H2,1-4H3. The quantitative estimate of drug-likeness (QED) is 0.770. The topological polar surface area (TPSA) is 60.6 Å². The fourth-order valence-electron chi connectivity index (χ4n) is 2.03. The highest BCUT2D eigenvalue weighted by Gasteiger charge is 2.16. The molecule has 0 fully saturated rings. The van der Waals surface area contributed by atoms with Crippen LogP contribution >= 0.6 is 0 Å². The molecule has 0 saturated carbocycles. The zero-order chi connectivity index (χ0) is 14.3. The Morgan fingerprint density at radius 2 is 2.05 bits per heavy atom. The van der Waals surface area contributed by atoms with Gasteiger partial charge in [-0.1, -0.05) is 6.07 Å². The maximum absolute atomic E-state index is 5.67. The molecule has 1 unspecified atom stereocenters. The minimum Gasteiger partial charge on any atom is -0.383 e. The van der Waals surface area contributed by atoms with Crippen molar-refractivity contribution in [1.29, 1.82) is 0 Å². The summed E-state index contributed by atoms with van der Waals surface area (Å²) in [6.07, 6.45) is 0. The molecular formula is C14H25N3O2. The molecule has 1 rings (SSSR count). The highest BCUT2D eigenvalue weighted by atomic mass is 16.5. The van der Waals surface area contributed by atoms with E-state index in [0.29, 0.717) is 19.8 Å². The molecule has 19 heavy (non-hydrogen) atoms. The number of pyridine rings is 1. The first kappa shape index (κ1) is 15.9. The van der Waals surface area contributed by atoms with Gasteiger partial charge in [-0.05, 0) is 25.5 Å². The normalized spacial score (nSPS) is 12.5. The van der Waals surface area contributed by atoms with Gasteiger partial charge in [0, 0.05) is 33.0 Å². The van der Waals surface area contributed by atoms with Crippen LogP contribution in [0.4, 0.5) is 5.82 Å². The molecule has 0 spiro atoms. The van der Waals surface area contributed by atoms with E-state index in [0.717, 1.165) is 23.6 Å². The van der Waals surface area contributed by atoms with Crippen molar-refractivity contribution in [2.75, 3.05) is 38.9 Å². The molecular weight excluding hydrogens is 242 g/mol. The number of anilines is 1. The summed E-state index contributed by atoms with van der Waals surface area (Å²) in [6, 6.07) is 4.30. The SMILES string of the molecule is COCCN(c1ccc(CN)c(C)n1)C(C)COC. The molecule has 0 bridgehead atoms. The summed E-state index contributed by atoms with van der Waals surface area (Å²) in [5.41, 5.74) is 7.73. The molecule has 0 aliphatic rings. The van der Waals surface area contributed by atoms with E-state index in [9.17, 15) is 0 Å². The number of hydrogen-bond donors (Lipinski definition) is 1. The Morgan fingerprint density at radius 3 is 2.58 bits per heavy atom. The molecule has 0 amide bonds. The van der Waals surface area contributed by atoms with Crippen molar-refractivity contribution in [2.45, 2.75) is 26.4 Å². The third-order valence-electron chi connectivity index (χ3n) is 3.17. The van der Waals surface area contributed by atoms with Gasteiger partial charge in [-0.3, -0.25) is 0 Å². The average Bonchev–Trinajstić information content (AvgIpc) is 2.39. The van der Waals surface area contributed by atoms with E-state index >= 15 is 0 Å². The lowest BCUT2D eigenvalue weighted by molar-refractivity contribution is 0.170. The van der Waals surface area contributed by atoms with Crippen LogP contribution in [0.5, 0.6) is 0 Å². The highest BCUT2D eigenvalue weighted by Crippen LogP contribution is 2.17. The Labute approximate surface area is 115 Å². The Bertz CT molecular complexity index is 385. The van der Waals surface area contributed by atoms with Crippen molar-refractivity contribution in [3.63, 3.8) is 0 Å². The molecule has 5 heteroatoms. The summed E-state index contributed by atoms with van der Waals surface area (Å²) in [5.74, 6) is 0.941. The number of hydrogen-bond acceptors (Lipinski definition) is 5. The van der Waals surface area contributed by atoms with Gasteiger partial charge in [0.05, 0.1) is 19.3 Å². The summed E-state index contributed by atoms with van der Waals surface area (Å²) in [7, 11) is 3.41. The fourth-order valence-corrected chi connectivity index (χ4v) is 2.03. The molecule has 0 saturated heterocycles. The van der Waals surface area contributed by atoms with Crippen LogP contribution in [-0.2, 0) is 16.0 Å². The fraction of sp³-hybridized carbons (Fsp3) is 0.643. The smallest absolute Gasteiger partial charge is 0.129 e. The van der Waals surface area contributed by atoms with Crippen LogP contribution in [0.1, 0.15) is 18.2 Å². The maximum atomic E-state index is 5.67. The first-order chi connectivity index (χ1) is 9.13. The van der Waals surface area contributed by atoms with Gasteiger partial charge in [0.15, 0.2) is 0 Å². The second-order valence-corrected chi connectivity index (χ2v) is 4.61. The van der Waals surface area contributed by atoms with Crippen molar-refractivity contribution in [3.8, 4) is 0 Å². The van der Waals surface area contributed by atoms with Gasteiger partial charge in [0.2, 0.25) is 0 Å². The van der Waals surface area contributed by atoms with E-state index in [1.165, 1.54) is 0 Å². The number of methoxy groups -OCH3 is 2. The largest absolute Gasteiger partial charge is 0.383 e. The number of aromatic nitrogens is 1. The molecule has 0 radical (unpaired) electrons. The second-order valence-electron chi connectivity index (χ2n) is 4.61. The Morgan fingerprint density at radius 1 is 1.32 bits per heavy atom. The number of ether oxygens (including phenoxy) is 2. The summed E-state index contributed by atoms with van der Waals surface area (Å²) < 4.78 is 10.4. The van der Waals surface area contributed by atoms with E-state index in [4.69, 9.17) is 15.2 Å². The summed E-state index contributed by atoms with van der Waals surface area (Å²) >= 11 is 0. The zero-order valence-corrected chi connectivity index (χ0v) is 12.3. The Balaban J connectivity index is 2.92. The molecule has 1 atom stereocenters. The third kappa shape index (κ3) is 4.45. The number of nitrogens with two attached hydrogens (primary N) is 1. The van der Waals surface area contributed by atoms with Crippen molar-refractivity contribution in [3.05, 3.63) is 23.4 Å². The minimum absolute atomic E-state index is 0.246. The first-order valence-electron chi connectivity index (χ1n) is 6.55. The lowest BCUT2D eigenvalue weighted by atomic mass is 10.2. The van der Waals surface area contributed by atoms with Gasteiger partial charge < -0.3 is 20.1 Å². The van der Waals surface area contributed by atoms with Gasteiger partial charge in [0.1, 0.15) is 5.82 Å². The summed E-state index contributed by atoms with van der Waals surface area (Å²) in [4.78, 5) is 6.83. The zero-order valence-electron chi connectivity index (χ0n) is 12.3. The Hall–Kier alpha value is -1.17. The number of aryl methyl sites for hydroxylation is 1. The summed E-state index contributed by atoms with van der Waals surface area (Å²) in [5, 5.41) is 0. The van der Waals surface area contributed by atoms with Crippen molar-refractivity contribution < 1.29 is 9.47 Å². The van der Waals surface area contributed by atoms with Crippen LogP contribution in [0.2, 0.25) is 0 Å². The van der Waals surface area contributed by atoms with E-state index in [2.05, 4.69) is 16.8 Å². The third-order valence-corrected chi connectivity index (χ3v) is 3.17. The van der Waals surface area contributed by atoms with Crippen LogP contribution < -0.4 is 10.6 Å². The molecule has 1 aromatic heterocycles. The molecule has 0 aliphatic carbocycles. The predicted octanol–water partition coefficient (Wildman–Crippen LogP) is 1.34. The van der Waals surface area contributed by atoms with E-state index in [1.54, 1.807) is 14.2 Å². The molecule has 108 valence electrons. The monoisotopic (exact) mass is 267 g/mol. The highest BCUT2D eigenvalue weighted by molar-refractivity contribution is 5.42. The molecule has 0 aliphatic heterocycles. The van der Waals surface area contributed by atoms with Crippen LogP contribution in [0.3, 0.4) is 0 Å². The lowest BCUT2D eigenvalue weighted by Crippen LogP contribution is -2.39. The van der Waals surface area contributed by atoms with Crippen molar-refractivity contribution >= 4 is 5.82 Å². The minimum atomic E-state index is 0.246. The first-order valence-corrected chi connectivity index (χ1v) is 6.55. The number of nitrogens with zero attached hydrogens (tertiary/aromatic N) is 2. The lowest BCUT2D eigenvalue weighted by Gasteiger charge is -2.30. The maximum Gasteiger partial charge on any atom is 0.129 e. The van der Waals surface area contributed by atoms with Crippen LogP contribution in [0.15, 0.2) is 12.1 Å². The molecule has 5 nitrogen and oxygen atoms in total. The number of rotatable bonds is 8.